The van der Waals surface area contributed by atoms with Gasteiger partial charge in [-0.05, 0) is 37.3 Å². The Morgan fingerprint density at radius 1 is 0.800 bits per heavy atom. The zero-order valence-electron chi connectivity index (χ0n) is 11.3. The van der Waals surface area contributed by atoms with Gasteiger partial charge in [0.25, 0.3) is 0 Å². The van der Waals surface area contributed by atoms with Crippen LogP contribution in [0.25, 0.3) is 0 Å². The van der Waals surface area contributed by atoms with Gasteiger partial charge in [-0.3, -0.25) is 0 Å². The summed E-state index contributed by atoms with van der Waals surface area (Å²) in [6.07, 6.45) is 0. The lowest BCUT2D eigenvalue weighted by molar-refractivity contribution is 0.216. The first-order valence-corrected chi connectivity index (χ1v) is 7.31. The maximum atomic E-state index is 5.63. The Morgan fingerprint density at radius 3 is 1.95 bits per heavy atom. The van der Waals surface area contributed by atoms with Crippen molar-refractivity contribution >= 4 is 15.9 Å². The number of halogens is 1. The van der Waals surface area contributed by atoms with E-state index >= 15 is 0 Å². The average Bonchev–Trinajstić information content (AvgIpc) is 2.45. The van der Waals surface area contributed by atoms with Crippen LogP contribution in [0.15, 0.2) is 53.0 Å². The molecule has 0 aromatic heterocycles. The Kier molecular flexibility index (Phi) is 5.74. The third-order valence-electron chi connectivity index (χ3n) is 2.53. The summed E-state index contributed by atoms with van der Waals surface area (Å²) in [4.78, 5) is 0. The smallest absolute Gasteiger partial charge is 0.123 e. The molecule has 4 heteroatoms. The number of rotatable bonds is 7. The predicted octanol–water partition coefficient (Wildman–Crippen LogP) is 4.31. The molecule has 3 nitrogen and oxygen atoms in total. The summed E-state index contributed by atoms with van der Waals surface area (Å²) < 4.78 is 17.6. The second-order valence-electron chi connectivity index (χ2n) is 4.06. The molecule has 0 unspecified atom stereocenters. The summed E-state index contributed by atoms with van der Waals surface area (Å²) in [7, 11) is 0. The first-order chi connectivity index (χ1) is 9.78. The van der Waals surface area contributed by atoms with Crippen LogP contribution in [0.1, 0.15) is 6.92 Å². The highest BCUT2D eigenvalue weighted by Gasteiger charge is 1.98. The maximum absolute atomic E-state index is 5.63. The Morgan fingerprint density at radius 2 is 1.35 bits per heavy atom. The third kappa shape index (κ3) is 4.78. The Bertz CT molecular complexity index is 543. The van der Waals surface area contributed by atoms with E-state index in [-0.39, 0.29) is 0 Å². The molecular weight excluding hydrogens is 320 g/mol. The molecule has 0 aliphatic carbocycles. The molecular formula is C16H17BrO3. The quantitative estimate of drug-likeness (QED) is 0.705. The molecule has 20 heavy (non-hydrogen) atoms. The first kappa shape index (κ1) is 14.7. The number of hydrogen-bond acceptors (Lipinski definition) is 3. The number of hydrogen-bond donors (Lipinski definition) is 0. The van der Waals surface area contributed by atoms with Gasteiger partial charge >= 0.3 is 0 Å². The molecule has 0 atom stereocenters. The minimum atomic E-state index is 0.488. The molecule has 0 bridgehead atoms. The monoisotopic (exact) mass is 336 g/mol. The molecule has 0 aliphatic rings. The normalized spacial score (nSPS) is 10.1. The van der Waals surface area contributed by atoms with E-state index in [0.29, 0.717) is 19.8 Å². The van der Waals surface area contributed by atoms with E-state index in [1.807, 2.05) is 55.5 Å². The van der Waals surface area contributed by atoms with E-state index in [1.165, 1.54) is 0 Å². The fourth-order valence-corrected chi connectivity index (χ4v) is 2.07. The molecule has 0 heterocycles. The Labute approximate surface area is 127 Å². The Hall–Kier alpha value is -1.68. The van der Waals surface area contributed by atoms with Crippen molar-refractivity contribution in [2.24, 2.45) is 0 Å². The summed E-state index contributed by atoms with van der Waals surface area (Å²) >= 11 is 3.41. The second-order valence-corrected chi connectivity index (χ2v) is 4.98. The molecule has 0 radical (unpaired) electrons. The highest BCUT2D eigenvalue weighted by Crippen LogP contribution is 2.20. The van der Waals surface area contributed by atoms with Gasteiger partial charge < -0.3 is 14.2 Å². The van der Waals surface area contributed by atoms with Crippen molar-refractivity contribution < 1.29 is 14.2 Å². The van der Waals surface area contributed by atoms with Gasteiger partial charge in [-0.1, -0.05) is 28.1 Å². The van der Waals surface area contributed by atoms with E-state index in [4.69, 9.17) is 14.2 Å². The molecule has 0 N–H and O–H groups in total. The lowest BCUT2D eigenvalue weighted by Gasteiger charge is -2.10. The Balaban J connectivity index is 1.77. The third-order valence-corrected chi connectivity index (χ3v) is 3.03. The van der Waals surface area contributed by atoms with Crippen molar-refractivity contribution in [2.45, 2.75) is 6.92 Å². The van der Waals surface area contributed by atoms with Crippen molar-refractivity contribution in [2.75, 3.05) is 19.8 Å². The average molecular weight is 337 g/mol. The summed E-state index contributed by atoms with van der Waals surface area (Å²) in [6.45, 7) is 3.59. The van der Waals surface area contributed by atoms with Gasteiger partial charge in [0.05, 0.1) is 6.61 Å². The molecule has 0 saturated carbocycles. The van der Waals surface area contributed by atoms with Gasteiger partial charge in [-0.15, -0.1) is 0 Å². The molecule has 0 aliphatic heterocycles. The van der Waals surface area contributed by atoms with Crippen molar-refractivity contribution in [1.82, 2.24) is 0 Å². The van der Waals surface area contributed by atoms with Crippen LogP contribution in [-0.4, -0.2) is 19.8 Å². The first-order valence-electron chi connectivity index (χ1n) is 6.52. The molecule has 0 saturated heterocycles. The van der Waals surface area contributed by atoms with Crippen molar-refractivity contribution in [1.29, 1.82) is 0 Å². The lowest BCUT2D eigenvalue weighted by Crippen LogP contribution is -2.09. The standard InChI is InChI=1S/C16H17BrO3/c1-2-18-15-7-4-8-16(12-15)20-10-9-19-14-6-3-5-13(17)11-14/h3-8,11-12H,2,9-10H2,1H3. The summed E-state index contributed by atoms with van der Waals surface area (Å²) in [5.74, 6) is 2.43. The van der Waals surface area contributed by atoms with Crippen LogP contribution in [-0.2, 0) is 0 Å². The van der Waals surface area contributed by atoms with Crippen molar-refractivity contribution in [3.8, 4) is 17.2 Å². The minimum Gasteiger partial charge on any atom is -0.494 e. The number of ether oxygens (including phenoxy) is 3. The van der Waals surface area contributed by atoms with Gasteiger partial charge in [-0.25, -0.2) is 0 Å². The number of benzene rings is 2. The fourth-order valence-electron chi connectivity index (χ4n) is 1.70. The molecule has 2 aromatic carbocycles. The molecule has 0 fully saturated rings. The van der Waals surface area contributed by atoms with E-state index in [0.717, 1.165) is 21.7 Å². The summed E-state index contributed by atoms with van der Waals surface area (Å²) in [5, 5.41) is 0. The highest BCUT2D eigenvalue weighted by molar-refractivity contribution is 9.10. The van der Waals surface area contributed by atoms with Crippen LogP contribution >= 0.6 is 15.9 Å². The van der Waals surface area contributed by atoms with Gasteiger partial charge in [0.1, 0.15) is 30.5 Å². The van der Waals surface area contributed by atoms with Crippen molar-refractivity contribution in [3.63, 3.8) is 0 Å². The van der Waals surface area contributed by atoms with Gasteiger partial charge in [0.2, 0.25) is 0 Å². The maximum Gasteiger partial charge on any atom is 0.123 e. The topological polar surface area (TPSA) is 27.7 Å². The van der Waals surface area contributed by atoms with Gasteiger partial charge in [-0.2, -0.15) is 0 Å². The van der Waals surface area contributed by atoms with Crippen LogP contribution in [0.2, 0.25) is 0 Å². The van der Waals surface area contributed by atoms with Gasteiger partial charge in [0.15, 0.2) is 0 Å². The molecule has 0 amide bonds. The van der Waals surface area contributed by atoms with Crippen LogP contribution in [0.5, 0.6) is 17.2 Å². The fraction of sp³-hybridized carbons (Fsp3) is 0.250. The largest absolute Gasteiger partial charge is 0.494 e. The molecule has 2 aromatic rings. The van der Waals surface area contributed by atoms with Crippen LogP contribution in [0.4, 0.5) is 0 Å². The van der Waals surface area contributed by atoms with E-state index in [9.17, 15) is 0 Å². The van der Waals surface area contributed by atoms with Crippen LogP contribution < -0.4 is 14.2 Å². The van der Waals surface area contributed by atoms with Gasteiger partial charge in [0, 0.05) is 10.5 Å². The second kappa shape index (κ2) is 7.80. The van der Waals surface area contributed by atoms with E-state index in [2.05, 4.69) is 15.9 Å². The van der Waals surface area contributed by atoms with E-state index < -0.39 is 0 Å². The highest BCUT2D eigenvalue weighted by atomic mass is 79.9. The summed E-state index contributed by atoms with van der Waals surface area (Å²) in [5.41, 5.74) is 0. The lowest BCUT2D eigenvalue weighted by atomic mass is 10.3. The summed E-state index contributed by atoms with van der Waals surface area (Å²) in [6, 6.07) is 15.3. The SMILES string of the molecule is CCOc1cccc(OCCOc2cccc(Br)c2)c1. The molecule has 2 rings (SSSR count). The minimum absolute atomic E-state index is 0.488. The zero-order chi connectivity index (χ0) is 14.2. The molecule has 106 valence electrons. The van der Waals surface area contributed by atoms with Crippen LogP contribution in [0, 0.1) is 0 Å². The predicted molar refractivity (Wildman–Crippen MR) is 82.7 cm³/mol. The van der Waals surface area contributed by atoms with E-state index in [1.54, 1.807) is 0 Å². The molecule has 0 spiro atoms. The van der Waals surface area contributed by atoms with Crippen molar-refractivity contribution in [3.05, 3.63) is 53.0 Å². The zero-order valence-corrected chi connectivity index (χ0v) is 12.9. The van der Waals surface area contributed by atoms with Crippen LogP contribution in [0.3, 0.4) is 0 Å².